The molecule has 1 saturated heterocycles. The summed E-state index contributed by atoms with van der Waals surface area (Å²) in [6, 6.07) is 7.18. The lowest BCUT2D eigenvalue weighted by molar-refractivity contribution is -0.130. The van der Waals surface area contributed by atoms with E-state index in [9.17, 15) is 19.5 Å². The predicted molar refractivity (Wildman–Crippen MR) is 115 cm³/mol. The van der Waals surface area contributed by atoms with Crippen LogP contribution >= 0.6 is 24.8 Å². The number of hydrogen-bond acceptors (Lipinski definition) is 6. The molecule has 0 unspecified atom stereocenters. The number of ketones is 1. The monoisotopic (exact) mass is 436 g/mol. The summed E-state index contributed by atoms with van der Waals surface area (Å²) in [7, 11) is 0. The third-order valence-electron chi connectivity index (χ3n) is 5.02. The standard InChI is InChI=1S/C20H22N2O5S.H2S/c1-12-20(2,17(24)10-27-12)22-19(26)16(9-13-3-5-15(23)6-4-13)21-18(25)14-7-8-28-11-14;/h3-8,11-12,16,23H,9-10H2,1-2H3,(H,21,25)(H,22,26);1H2/t12-,16+,20-;/m1./s1. The molecule has 0 radical (unpaired) electrons. The molecule has 1 fully saturated rings. The van der Waals surface area contributed by atoms with Crippen molar-refractivity contribution in [3.63, 3.8) is 0 Å². The van der Waals surface area contributed by atoms with Crippen molar-refractivity contribution in [2.45, 2.75) is 38.0 Å². The molecular formula is C20H24N2O5S2. The number of ether oxygens (including phenoxy) is 1. The molecule has 29 heavy (non-hydrogen) atoms. The van der Waals surface area contributed by atoms with Crippen LogP contribution in [0.2, 0.25) is 0 Å². The first-order valence-electron chi connectivity index (χ1n) is 8.87. The van der Waals surface area contributed by atoms with Crippen LogP contribution in [0, 0.1) is 0 Å². The summed E-state index contributed by atoms with van der Waals surface area (Å²) in [4.78, 5) is 37.7. The van der Waals surface area contributed by atoms with Gasteiger partial charge in [0.2, 0.25) is 5.91 Å². The molecule has 1 aliphatic rings. The van der Waals surface area contributed by atoms with Crippen molar-refractivity contribution in [2.24, 2.45) is 0 Å². The SMILES string of the molecule is C[C@H]1OCC(=O)[C@]1(C)NC(=O)[C@H](Cc1ccc(O)cc1)NC(=O)c1ccsc1.S. The van der Waals surface area contributed by atoms with Gasteiger partial charge in [-0.2, -0.15) is 24.8 Å². The first-order chi connectivity index (χ1) is 13.3. The molecule has 0 spiro atoms. The highest BCUT2D eigenvalue weighted by Crippen LogP contribution is 2.22. The van der Waals surface area contributed by atoms with Crippen molar-refractivity contribution in [3.05, 3.63) is 52.2 Å². The number of aromatic hydroxyl groups is 1. The van der Waals surface area contributed by atoms with Crippen molar-refractivity contribution in [1.29, 1.82) is 0 Å². The van der Waals surface area contributed by atoms with E-state index in [4.69, 9.17) is 4.74 Å². The average Bonchev–Trinajstić information content (AvgIpc) is 3.28. The van der Waals surface area contributed by atoms with Gasteiger partial charge in [-0.15, -0.1) is 0 Å². The molecule has 3 N–H and O–H groups in total. The highest BCUT2D eigenvalue weighted by Gasteiger charge is 2.47. The summed E-state index contributed by atoms with van der Waals surface area (Å²) in [5.41, 5.74) is 0.0846. The van der Waals surface area contributed by atoms with Crippen LogP contribution in [0.15, 0.2) is 41.1 Å². The number of nitrogens with one attached hydrogen (secondary N) is 2. The molecular weight excluding hydrogens is 412 g/mol. The van der Waals surface area contributed by atoms with Crippen LogP contribution in [0.25, 0.3) is 0 Å². The van der Waals surface area contributed by atoms with Crippen molar-refractivity contribution >= 4 is 42.4 Å². The molecule has 156 valence electrons. The number of thiophene rings is 1. The molecule has 0 aliphatic carbocycles. The molecule has 0 saturated carbocycles. The number of Topliss-reactive ketones (excluding diaryl/α,β-unsaturated/α-hetero) is 1. The summed E-state index contributed by atoms with van der Waals surface area (Å²) < 4.78 is 5.35. The Hall–Kier alpha value is -2.36. The number of carbonyl (C=O) groups is 3. The lowest BCUT2D eigenvalue weighted by atomic mass is 9.92. The van der Waals surface area contributed by atoms with Crippen molar-refractivity contribution in [2.75, 3.05) is 6.61 Å². The van der Waals surface area contributed by atoms with E-state index in [2.05, 4.69) is 10.6 Å². The smallest absolute Gasteiger partial charge is 0.252 e. The molecule has 2 aromatic rings. The van der Waals surface area contributed by atoms with Gasteiger partial charge in [-0.1, -0.05) is 12.1 Å². The van der Waals surface area contributed by atoms with Gasteiger partial charge in [0, 0.05) is 11.8 Å². The first-order valence-corrected chi connectivity index (χ1v) is 9.82. The number of amides is 2. The third-order valence-corrected chi connectivity index (χ3v) is 5.70. The van der Waals surface area contributed by atoms with Crippen LogP contribution < -0.4 is 10.6 Å². The highest BCUT2D eigenvalue weighted by molar-refractivity contribution is 7.59. The number of phenolic OH excluding ortho intramolecular Hbond substituents is 1. The number of phenols is 1. The fourth-order valence-electron chi connectivity index (χ4n) is 2.97. The minimum Gasteiger partial charge on any atom is -0.508 e. The average molecular weight is 437 g/mol. The Morgan fingerprint density at radius 3 is 2.55 bits per heavy atom. The van der Waals surface area contributed by atoms with Crippen LogP contribution in [0.4, 0.5) is 0 Å². The van der Waals surface area contributed by atoms with Crippen LogP contribution in [0.1, 0.15) is 29.8 Å². The fourth-order valence-corrected chi connectivity index (χ4v) is 3.61. The first kappa shape index (κ1) is 22.9. The van der Waals surface area contributed by atoms with Gasteiger partial charge in [0.15, 0.2) is 5.78 Å². The molecule has 2 amide bonds. The normalized spacial score (nSPS) is 21.9. The zero-order valence-corrected chi connectivity index (χ0v) is 17.9. The molecule has 2 heterocycles. The second-order valence-corrected chi connectivity index (χ2v) is 7.76. The second-order valence-electron chi connectivity index (χ2n) is 6.98. The molecule has 9 heteroatoms. The van der Waals surface area contributed by atoms with Gasteiger partial charge < -0.3 is 20.5 Å². The number of benzene rings is 1. The van der Waals surface area contributed by atoms with Gasteiger partial charge in [-0.05, 0) is 43.0 Å². The Morgan fingerprint density at radius 2 is 2.00 bits per heavy atom. The Kier molecular flexibility index (Phi) is 7.45. The van der Waals surface area contributed by atoms with E-state index in [0.29, 0.717) is 5.56 Å². The van der Waals surface area contributed by atoms with E-state index in [-0.39, 0.29) is 44.0 Å². The minimum atomic E-state index is -1.14. The maximum Gasteiger partial charge on any atom is 0.252 e. The van der Waals surface area contributed by atoms with Crippen LogP contribution in [-0.4, -0.2) is 47.0 Å². The van der Waals surface area contributed by atoms with Crippen LogP contribution in [-0.2, 0) is 20.7 Å². The molecule has 0 bridgehead atoms. The van der Waals surface area contributed by atoms with Crippen molar-refractivity contribution in [3.8, 4) is 5.75 Å². The van der Waals surface area contributed by atoms with Gasteiger partial charge in [-0.3, -0.25) is 14.4 Å². The highest BCUT2D eigenvalue weighted by atomic mass is 32.1. The number of carbonyl (C=O) groups excluding carboxylic acids is 3. The maximum absolute atomic E-state index is 13.0. The largest absolute Gasteiger partial charge is 0.508 e. The fraction of sp³-hybridized carbons (Fsp3) is 0.350. The Labute approximate surface area is 179 Å². The Bertz CT molecular complexity index is 870. The van der Waals surface area contributed by atoms with Gasteiger partial charge in [0.25, 0.3) is 5.91 Å². The van der Waals surface area contributed by atoms with E-state index in [0.717, 1.165) is 5.56 Å². The lowest BCUT2D eigenvalue weighted by Gasteiger charge is -2.29. The minimum absolute atomic E-state index is 0. The summed E-state index contributed by atoms with van der Waals surface area (Å²) in [5.74, 6) is -0.930. The summed E-state index contributed by atoms with van der Waals surface area (Å²) in [5, 5.41) is 18.4. The number of hydrogen-bond donors (Lipinski definition) is 3. The van der Waals surface area contributed by atoms with E-state index >= 15 is 0 Å². The maximum atomic E-state index is 13.0. The summed E-state index contributed by atoms with van der Waals surface area (Å²) in [6.45, 7) is 3.30. The zero-order valence-electron chi connectivity index (χ0n) is 16.1. The molecule has 1 aliphatic heterocycles. The van der Waals surface area contributed by atoms with E-state index < -0.39 is 23.6 Å². The Balaban J connectivity index is 0.00000300. The van der Waals surface area contributed by atoms with Crippen molar-refractivity contribution < 1.29 is 24.2 Å². The summed E-state index contributed by atoms with van der Waals surface area (Å²) >= 11 is 1.38. The summed E-state index contributed by atoms with van der Waals surface area (Å²) in [6.07, 6.45) is -0.257. The lowest BCUT2D eigenvalue weighted by Crippen LogP contribution is -2.60. The molecule has 7 nitrogen and oxygen atoms in total. The molecule has 3 atom stereocenters. The van der Waals surface area contributed by atoms with Gasteiger partial charge in [0.05, 0.1) is 11.7 Å². The van der Waals surface area contributed by atoms with E-state index in [1.165, 1.54) is 23.5 Å². The molecule has 1 aromatic heterocycles. The van der Waals surface area contributed by atoms with Gasteiger partial charge in [0.1, 0.15) is 23.9 Å². The molecule has 1 aromatic carbocycles. The van der Waals surface area contributed by atoms with E-state index in [1.807, 2.05) is 0 Å². The zero-order chi connectivity index (χ0) is 20.3. The van der Waals surface area contributed by atoms with Crippen LogP contribution in [0.3, 0.4) is 0 Å². The van der Waals surface area contributed by atoms with Crippen molar-refractivity contribution in [1.82, 2.24) is 10.6 Å². The quantitative estimate of drug-likeness (QED) is 0.640. The van der Waals surface area contributed by atoms with E-state index in [1.54, 1.807) is 42.8 Å². The van der Waals surface area contributed by atoms with Gasteiger partial charge >= 0.3 is 0 Å². The predicted octanol–water partition coefficient (Wildman–Crippen LogP) is 1.77. The number of rotatable bonds is 6. The topological polar surface area (TPSA) is 105 Å². The van der Waals surface area contributed by atoms with Crippen LogP contribution in [0.5, 0.6) is 5.75 Å². The third kappa shape index (κ3) is 5.17. The van der Waals surface area contributed by atoms with Gasteiger partial charge in [-0.25, -0.2) is 0 Å². The molecule has 3 rings (SSSR count). The Morgan fingerprint density at radius 1 is 1.31 bits per heavy atom. The second kappa shape index (κ2) is 9.43.